The second kappa shape index (κ2) is 5.32. The fraction of sp³-hybridized carbons (Fsp3) is 0.273. The topological polar surface area (TPSA) is 40.7 Å². The largest absolute Gasteiger partial charge is 0.324 e. The highest BCUT2D eigenvalue weighted by Crippen LogP contribution is 2.15. The van der Waals surface area contributed by atoms with Crippen LogP contribution in [0.5, 0.6) is 0 Å². The Morgan fingerprint density at radius 2 is 2.31 bits per heavy atom. The van der Waals surface area contributed by atoms with Crippen molar-refractivity contribution in [3.8, 4) is 0 Å². The van der Waals surface area contributed by atoms with E-state index in [9.17, 15) is 0 Å². The molecule has 0 radical (unpaired) electrons. The summed E-state index contributed by atoms with van der Waals surface area (Å²) in [6.07, 6.45) is 1.12. The van der Waals surface area contributed by atoms with Crippen LogP contribution in [0.1, 0.15) is 13.3 Å². The molecule has 3 nitrogen and oxygen atoms in total. The second-order valence-corrected chi connectivity index (χ2v) is 5.14. The van der Waals surface area contributed by atoms with E-state index in [2.05, 4.69) is 22.2 Å². The van der Waals surface area contributed by atoms with Gasteiger partial charge in [0.25, 0.3) is 0 Å². The van der Waals surface area contributed by atoms with Crippen molar-refractivity contribution in [3.05, 3.63) is 24.3 Å². The lowest BCUT2D eigenvalue weighted by Crippen LogP contribution is -2.06. The monoisotopic (exact) mass is 251 g/mol. The quantitative estimate of drug-likeness (QED) is 0.820. The molecule has 84 valence electrons. The van der Waals surface area contributed by atoms with Gasteiger partial charge < -0.3 is 10.3 Å². The number of benzene rings is 1. The van der Waals surface area contributed by atoms with Crippen molar-refractivity contribution >= 4 is 45.3 Å². The van der Waals surface area contributed by atoms with Crippen molar-refractivity contribution in [2.45, 2.75) is 13.3 Å². The third-order valence-electron chi connectivity index (χ3n) is 2.05. The van der Waals surface area contributed by atoms with Crippen LogP contribution in [0.25, 0.3) is 11.0 Å². The van der Waals surface area contributed by atoms with Gasteiger partial charge in [0.05, 0.1) is 11.0 Å². The van der Waals surface area contributed by atoms with Crippen LogP contribution in [-0.4, -0.2) is 20.0 Å². The number of fused-ring (bicyclic) bond motifs is 1. The van der Waals surface area contributed by atoms with Gasteiger partial charge in [-0.2, -0.15) is 0 Å². The number of thioether (sulfide) groups is 1. The Balaban J connectivity index is 2.07. The van der Waals surface area contributed by atoms with Gasteiger partial charge in [0.1, 0.15) is 4.32 Å². The van der Waals surface area contributed by atoms with Crippen LogP contribution in [0.4, 0.5) is 5.95 Å². The van der Waals surface area contributed by atoms with Crippen molar-refractivity contribution in [2.75, 3.05) is 11.1 Å². The molecule has 5 heteroatoms. The van der Waals surface area contributed by atoms with Gasteiger partial charge in [0, 0.05) is 0 Å². The molecular formula is C11H13N3S2. The summed E-state index contributed by atoms with van der Waals surface area (Å²) in [5.41, 5.74) is 1.97. The van der Waals surface area contributed by atoms with Crippen molar-refractivity contribution in [1.82, 2.24) is 9.97 Å². The first-order valence-electron chi connectivity index (χ1n) is 5.18. The molecule has 1 aromatic carbocycles. The molecule has 0 amide bonds. The van der Waals surface area contributed by atoms with E-state index >= 15 is 0 Å². The number of hydrogen-bond acceptors (Lipinski definition) is 3. The molecule has 1 aromatic heterocycles. The number of aromatic nitrogens is 2. The molecular weight excluding hydrogens is 238 g/mol. The average Bonchev–Trinajstić information content (AvgIpc) is 2.68. The maximum absolute atomic E-state index is 5.20. The van der Waals surface area contributed by atoms with E-state index in [0.29, 0.717) is 0 Å². The molecule has 0 aliphatic carbocycles. The second-order valence-electron chi connectivity index (χ2n) is 3.36. The van der Waals surface area contributed by atoms with Gasteiger partial charge in [-0.3, -0.25) is 0 Å². The third-order valence-corrected chi connectivity index (χ3v) is 3.48. The molecule has 0 saturated carbocycles. The van der Waals surface area contributed by atoms with Crippen molar-refractivity contribution < 1.29 is 0 Å². The minimum Gasteiger partial charge on any atom is -0.324 e. The van der Waals surface area contributed by atoms with Crippen LogP contribution in [0.3, 0.4) is 0 Å². The molecule has 0 atom stereocenters. The molecule has 0 aliphatic heterocycles. The number of thiocarbonyl (C=S) groups is 1. The minimum atomic E-state index is 0.717. The zero-order valence-corrected chi connectivity index (χ0v) is 10.6. The molecule has 0 fully saturated rings. The van der Waals surface area contributed by atoms with E-state index in [1.165, 1.54) is 0 Å². The molecule has 0 unspecified atom stereocenters. The van der Waals surface area contributed by atoms with Gasteiger partial charge >= 0.3 is 0 Å². The number of rotatable bonds is 3. The number of anilines is 1. The highest BCUT2D eigenvalue weighted by atomic mass is 32.2. The van der Waals surface area contributed by atoms with Crippen LogP contribution >= 0.6 is 24.0 Å². The number of imidazole rings is 1. The highest BCUT2D eigenvalue weighted by Gasteiger charge is 2.03. The third kappa shape index (κ3) is 2.74. The van der Waals surface area contributed by atoms with E-state index < -0.39 is 0 Å². The lowest BCUT2D eigenvalue weighted by Gasteiger charge is -2.02. The van der Waals surface area contributed by atoms with Crippen LogP contribution in [0.15, 0.2) is 24.3 Å². The van der Waals surface area contributed by atoms with Crippen LogP contribution in [-0.2, 0) is 0 Å². The van der Waals surface area contributed by atoms with Crippen LogP contribution in [0.2, 0.25) is 0 Å². The fourth-order valence-electron chi connectivity index (χ4n) is 1.34. The molecule has 0 spiro atoms. The smallest absolute Gasteiger partial charge is 0.206 e. The molecule has 0 aliphatic rings. The number of nitrogens with zero attached hydrogens (tertiary/aromatic N) is 1. The van der Waals surface area contributed by atoms with Gasteiger partial charge in [0.15, 0.2) is 0 Å². The van der Waals surface area contributed by atoms with Crippen molar-refractivity contribution in [2.24, 2.45) is 0 Å². The standard InChI is InChI=1S/C11H13N3S2/c1-2-7-16-11(15)14-10-12-8-5-3-4-6-9(8)13-10/h3-6H,2,7H2,1H3,(H2,12,13,14,15). The molecule has 2 rings (SSSR count). The van der Waals surface area contributed by atoms with Crippen molar-refractivity contribution in [3.63, 3.8) is 0 Å². The SMILES string of the molecule is CCCSC(=S)Nc1nc2ccccc2[nH]1. The number of para-hydroxylation sites is 2. The van der Waals surface area contributed by atoms with Crippen molar-refractivity contribution in [1.29, 1.82) is 0 Å². The van der Waals surface area contributed by atoms with E-state index in [0.717, 1.165) is 33.5 Å². The zero-order chi connectivity index (χ0) is 11.4. The van der Waals surface area contributed by atoms with E-state index in [-0.39, 0.29) is 0 Å². The summed E-state index contributed by atoms with van der Waals surface area (Å²) in [5.74, 6) is 1.75. The Labute approximate surface area is 104 Å². The number of aromatic amines is 1. The van der Waals surface area contributed by atoms with Gasteiger partial charge in [0.2, 0.25) is 5.95 Å². The molecule has 1 heterocycles. The predicted octanol–water partition coefficient (Wildman–Crippen LogP) is 3.40. The Morgan fingerprint density at radius 3 is 3.06 bits per heavy atom. The van der Waals surface area contributed by atoms with Gasteiger partial charge in [-0.25, -0.2) is 4.98 Å². The fourth-order valence-corrected chi connectivity index (χ4v) is 2.24. The van der Waals surface area contributed by atoms with Gasteiger partial charge in [-0.05, 0) is 24.3 Å². The Kier molecular flexibility index (Phi) is 3.79. The van der Waals surface area contributed by atoms with E-state index in [4.69, 9.17) is 12.2 Å². The van der Waals surface area contributed by atoms with Gasteiger partial charge in [-0.15, -0.1) is 0 Å². The summed E-state index contributed by atoms with van der Waals surface area (Å²) >= 11 is 6.84. The summed E-state index contributed by atoms with van der Waals surface area (Å²) in [6.45, 7) is 2.14. The number of H-pyrrole nitrogens is 1. The van der Waals surface area contributed by atoms with Crippen LogP contribution < -0.4 is 5.32 Å². The number of nitrogens with one attached hydrogen (secondary N) is 2. The maximum atomic E-state index is 5.20. The van der Waals surface area contributed by atoms with E-state index in [1.807, 2.05) is 24.3 Å². The van der Waals surface area contributed by atoms with Gasteiger partial charge in [-0.1, -0.05) is 43.0 Å². The Bertz CT molecular complexity index is 460. The van der Waals surface area contributed by atoms with E-state index in [1.54, 1.807) is 11.8 Å². The first-order chi connectivity index (χ1) is 7.79. The zero-order valence-electron chi connectivity index (χ0n) is 8.99. The average molecular weight is 251 g/mol. The molecule has 2 N–H and O–H groups in total. The lowest BCUT2D eigenvalue weighted by molar-refractivity contribution is 1.11. The lowest BCUT2D eigenvalue weighted by atomic mass is 10.3. The minimum absolute atomic E-state index is 0.717. The maximum Gasteiger partial charge on any atom is 0.206 e. The summed E-state index contributed by atoms with van der Waals surface area (Å²) < 4.78 is 0.765. The Hall–Kier alpha value is -1.07. The normalized spacial score (nSPS) is 10.6. The Morgan fingerprint density at radius 1 is 1.50 bits per heavy atom. The molecule has 16 heavy (non-hydrogen) atoms. The number of hydrogen-bond donors (Lipinski definition) is 2. The summed E-state index contributed by atoms with van der Waals surface area (Å²) in [6, 6.07) is 7.92. The first-order valence-corrected chi connectivity index (χ1v) is 6.57. The predicted molar refractivity (Wildman–Crippen MR) is 75.1 cm³/mol. The molecule has 0 bridgehead atoms. The summed E-state index contributed by atoms with van der Waals surface area (Å²) in [4.78, 5) is 7.57. The summed E-state index contributed by atoms with van der Waals surface area (Å²) in [7, 11) is 0. The highest BCUT2D eigenvalue weighted by molar-refractivity contribution is 8.23. The first kappa shape index (κ1) is 11.4. The summed E-state index contributed by atoms with van der Waals surface area (Å²) in [5, 5.41) is 3.09. The molecule has 0 saturated heterocycles. The van der Waals surface area contributed by atoms with Crippen LogP contribution in [0, 0.1) is 0 Å². The molecule has 2 aromatic rings.